The third kappa shape index (κ3) is 3.05. The number of aromatic nitrogens is 1. The maximum Gasteiger partial charge on any atom is 0.0420 e. The van der Waals surface area contributed by atoms with Crippen molar-refractivity contribution >= 4 is 0 Å². The van der Waals surface area contributed by atoms with Gasteiger partial charge < -0.3 is 5.32 Å². The second-order valence-corrected chi connectivity index (χ2v) is 4.81. The molecule has 88 valence electrons. The molecule has 0 radical (unpaired) electrons. The zero-order valence-corrected chi connectivity index (χ0v) is 10.4. The summed E-state index contributed by atoms with van der Waals surface area (Å²) >= 11 is 0. The third-order valence-electron chi connectivity index (χ3n) is 3.43. The number of pyridine rings is 1. The summed E-state index contributed by atoms with van der Waals surface area (Å²) in [5.41, 5.74) is 2.55. The lowest BCUT2D eigenvalue weighted by molar-refractivity contribution is 0.478. The molecule has 1 saturated carbocycles. The van der Waals surface area contributed by atoms with E-state index in [9.17, 15) is 0 Å². The molecule has 2 nitrogen and oxygen atoms in total. The first kappa shape index (κ1) is 11.6. The number of aryl methyl sites for hydroxylation is 1. The van der Waals surface area contributed by atoms with Gasteiger partial charge in [-0.05, 0) is 43.9 Å². The van der Waals surface area contributed by atoms with Gasteiger partial charge in [-0.1, -0.05) is 25.8 Å². The van der Waals surface area contributed by atoms with E-state index in [1.165, 1.54) is 36.9 Å². The zero-order valence-electron chi connectivity index (χ0n) is 10.4. The van der Waals surface area contributed by atoms with Crippen LogP contribution in [0.3, 0.4) is 0 Å². The molecule has 1 atom stereocenters. The maximum atomic E-state index is 4.39. The fraction of sp³-hybridized carbons (Fsp3) is 0.643. The Labute approximate surface area is 98.5 Å². The maximum absolute atomic E-state index is 4.39. The molecule has 2 rings (SSSR count). The molecule has 1 fully saturated rings. The highest BCUT2D eigenvalue weighted by molar-refractivity contribution is 5.22. The Kier molecular flexibility index (Phi) is 3.94. The second kappa shape index (κ2) is 5.44. The van der Waals surface area contributed by atoms with E-state index in [2.05, 4.69) is 30.2 Å². The monoisotopic (exact) mass is 218 g/mol. The summed E-state index contributed by atoms with van der Waals surface area (Å²) in [4.78, 5) is 4.39. The molecule has 1 unspecified atom stereocenters. The van der Waals surface area contributed by atoms with Crippen molar-refractivity contribution in [3.63, 3.8) is 0 Å². The highest BCUT2D eigenvalue weighted by Gasteiger charge is 2.23. The molecule has 0 amide bonds. The van der Waals surface area contributed by atoms with Crippen LogP contribution < -0.4 is 5.32 Å². The summed E-state index contributed by atoms with van der Waals surface area (Å²) in [6.45, 7) is 5.32. The van der Waals surface area contributed by atoms with E-state index < -0.39 is 0 Å². The van der Waals surface area contributed by atoms with Crippen LogP contribution in [-0.4, -0.2) is 11.5 Å². The van der Waals surface area contributed by atoms with E-state index in [4.69, 9.17) is 0 Å². The quantitative estimate of drug-likeness (QED) is 0.793. The van der Waals surface area contributed by atoms with Crippen molar-refractivity contribution in [1.29, 1.82) is 0 Å². The Hall–Kier alpha value is -0.890. The molecule has 0 saturated heterocycles. The van der Waals surface area contributed by atoms with Gasteiger partial charge in [0.2, 0.25) is 0 Å². The first-order valence-corrected chi connectivity index (χ1v) is 6.46. The van der Waals surface area contributed by atoms with Crippen LogP contribution in [0.5, 0.6) is 0 Å². The van der Waals surface area contributed by atoms with Crippen molar-refractivity contribution in [3.05, 3.63) is 29.6 Å². The molecule has 1 aliphatic carbocycles. The number of hydrogen-bond donors (Lipinski definition) is 1. The number of nitrogens with zero attached hydrogens (tertiary/aromatic N) is 1. The minimum absolute atomic E-state index is 0.499. The van der Waals surface area contributed by atoms with Crippen LogP contribution in [-0.2, 0) is 0 Å². The fourth-order valence-electron chi connectivity index (χ4n) is 2.29. The topological polar surface area (TPSA) is 24.9 Å². The van der Waals surface area contributed by atoms with Crippen molar-refractivity contribution in [1.82, 2.24) is 10.3 Å². The molecule has 2 heteroatoms. The fourth-order valence-corrected chi connectivity index (χ4v) is 2.29. The van der Waals surface area contributed by atoms with Gasteiger partial charge in [0.1, 0.15) is 0 Å². The highest BCUT2D eigenvalue weighted by atomic mass is 14.9. The molecule has 16 heavy (non-hydrogen) atoms. The molecule has 1 N–H and O–H groups in total. The normalized spacial score (nSPS) is 17.4. The standard InChI is InChI=1S/C14H22N2/c1-3-15-14(9-8-12-6-7-12)13-5-4-10-16-11(13)2/h4-5,10,12,14-15H,3,6-9H2,1-2H3. The van der Waals surface area contributed by atoms with Crippen LogP contribution in [0.2, 0.25) is 0 Å². The summed E-state index contributed by atoms with van der Waals surface area (Å²) in [6.07, 6.45) is 7.40. The summed E-state index contributed by atoms with van der Waals surface area (Å²) in [6, 6.07) is 4.76. The molecule has 1 aromatic heterocycles. The smallest absolute Gasteiger partial charge is 0.0420 e. The Balaban J connectivity index is 2.01. The molecule has 1 heterocycles. The lowest BCUT2D eigenvalue weighted by atomic mass is 9.99. The predicted molar refractivity (Wildman–Crippen MR) is 67.3 cm³/mol. The van der Waals surface area contributed by atoms with Crippen LogP contribution >= 0.6 is 0 Å². The summed E-state index contributed by atoms with van der Waals surface area (Å²) in [7, 11) is 0. The largest absolute Gasteiger partial charge is 0.310 e. The van der Waals surface area contributed by atoms with Crippen LogP contribution in [0, 0.1) is 12.8 Å². The minimum atomic E-state index is 0.499. The van der Waals surface area contributed by atoms with Gasteiger partial charge >= 0.3 is 0 Å². The first-order chi connectivity index (χ1) is 7.81. The molecular weight excluding hydrogens is 196 g/mol. The van der Waals surface area contributed by atoms with Gasteiger partial charge in [0.25, 0.3) is 0 Å². The second-order valence-electron chi connectivity index (χ2n) is 4.81. The van der Waals surface area contributed by atoms with Gasteiger partial charge in [-0.3, -0.25) is 4.98 Å². The van der Waals surface area contributed by atoms with Crippen molar-refractivity contribution in [2.75, 3.05) is 6.54 Å². The Bertz CT molecular complexity index is 331. The number of hydrogen-bond acceptors (Lipinski definition) is 2. The molecule has 0 spiro atoms. The van der Waals surface area contributed by atoms with Crippen molar-refractivity contribution in [3.8, 4) is 0 Å². The Morgan fingerprint density at radius 1 is 1.50 bits per heavy atom. The van der Waals surface area contributed by atoms with Crippen molar-refractivity contribution in [2.45, 2.75) is 45.6 Å². The van der Waals surface area contributed by atoms with Crippen molar-refractivity contribution in [2.24, 2.45) is 5.92 Å². The number of nitrogens with one attached hydrogen (secondary N) is 1. The Morgan fingerprint density at radius 2 is 2.31 bits per heavy atom. The first-order valence-electron chi connectivity index (χ1n) is 6.46. The van der Waals surface area contributed by atoms with E-state index in [1.54, 1.807) is 0 Å². The van der Waals surface area contributed by atoms with Gasteiger partial charge in [0.15, 0.2) is 0 Å². The van der Waals surface area contributed by atoms with E-state index in [-0.39, 0.29) is 0 Å². The average Bonchev–Trinajstić information content (AvgIpc) is 3.09. The molecular formula is C14H22N2. The van der Waals surface area contributed by atoms with Gasteiger partial charge in [-0.25, -0.2) is 0 Å². The van der Waals surface area contributed by atoms with Crippen LogP contribution in [0.4, 0.5) is 0 Å². The van der Waals surface area contributed by atoms with Crippen LogP contribution in [0.25, 0.3) is 0 Å². The van der Waals surface area contributed by atoms with E-state index in [1.807, 2.05) is 12.3 Å². The zero-order chi connectivity index (χ0) is 11.4. The molecule has 1 aliphatic rings. The Morgan fingerprint density at radius 3 is 2.94 bits per heavy atom. The van der Waals surface area contributed by atoms with Gasteiger partial charge in [0.05, 0.1) is 0 Å². The van der Waals surface area contributed by atoms with E-state index >= 15 is 0 Å². The lowest BCUT2D eigenvalue weighted by Gasteiger charge is -2.19. The van der Waals surface area contributed by atoms with Crippen LogP contribution in [0.15, 0.2) is 18.3 Å². The molecule has 1 aromatic rings. The molecule has 0 aromatic carbocycles. The van der Waals surface area contributed by atoms with Crippen molar-refractivity contribution < 1.29 is 0 Å². The van der Waals surface area contributed by atoms with Gasteiger partial charge in [-0.2, -0.15) is 0 Å². The predicted octanol–water partition coefficient (Wildman–Crippen LogP) is 3.23. The summed E-state index contributed by atoms with van der Waals surface area (Å²) in [5.74, 6) is 1.01. The third-order valence-corrected chi connectivity index (χ3v) is 3.43. The van der Waals surface area contributed by atoms with E-state index in [0.29, 0.717) is 6.04 Å². The number of rotatable bonds is 6. The summed E-state index contributed by atoms with van der Waals surface area (Å²) in [5, 5.41) is 3.58. The molecule has 0 bridgehead atoms. The lowest BCUT2D eigenvalue weighted by Crippen LogP contribution is -2.22. The van der Waals surface area contributed by atoms with Gasteiger partial charge in [0, 0.05) is 17.9 Å². The average molecular weight is 218 g/mol. The molecule has 0 aliphatic heterocycles. The van der Waals surface area contributed by atoms with Crippen LogP contribution in [0.1, 0.15) is 49.9 Å². The SMILES string of the molecule is CCNC(CCC1CC1)c1cccnc1C. The highest BCUT2D eigenvalue weighted by Crippen LogP contribution is 2.36. The van der Waals surface area contributed by atoms with E-state index in [0.717, 1.165) is 12.5 Å². The minimum Gasteiger partial charge on any atom is -0.310 e. The van der Waals surface area contributed by atoms with Gasteiger partial charge in [-0.15, -0.1) is 0 Å². The summed E-state index contributed by atoms with van der Waals surface area (Å²) < 4.78 is 0.